The monoisotopic (exact) mass is 312 g/mol. The van der Waals surface area contributed by atoms with E-state index in [0.29, 0.717) is 23.1 Å². The number of ether oxygens (including phenoxy) is 1. The van der Waals surface area contributed by atoms with E-state index in [1.54, 1.807) is 24.3 Å². The van der Waals surface area contributed by atoms with Gasteiger partial charge in [0.15, 0.2) is 0 Å². The normalized spacial score (nSPS) is 31.1. The minimum absolute atomic E-state index is 0. The molecule has 1 aromatic rings. The molecule has 21 heavy (non-hydrogen) atoms. The molecule has 116 valence electrons. The van der Waals surface area contributed by atoms with Crippen LogP contribution in [0.2, 0.25) is 0 Å². The molecule has 1 aliphatic carbocycles. The highest BCUT2D eigenvalue weighted by molar-refractivity contribution is 5.95. The van der Waals surface area contributed by atoms with Gasteiger partial charge in [0.2, 0.25) is 0 Å². The average molecular weight is 313 g/mol. The Morgan fingerprint density at radius 2 is 1.90 bits per heavy atom. The maximum atomic E-state index is 11.4. The Balaban J connectivity index is 0.00000161. The highest BCUT2D eigenvalue weighted by Crippen LogP contribution is 2.35. The summed E-state index contributed by atoms with van der Waals surface area (Å²) in [5.41, 5.74) is 5.72. The van der Waals surface area contributed by atoms with E-state index in [1.807, 2.05) is 0 Å². The van der Waals surface area contributed by atoms with Gasteiger partial charge in [0.05, 0.1) is 11.7 Å². The number of fused-ring (bicyclic) bond motifs is 1. The van der Waals surface area contributed by atoms with Crippen LogP contribution in [-0.4, -0.2) is 36.3 Å². The number of benzene rings is 1. The van der Waals surface area contributed by atoms with Gasteiger partial charge in [-0.2, -0.15) is 0 Å². The third-order valence-electron chi connectivity index (χ3n) is 4.42. The molecule has 0 radical (unpaired) electrons. The molecule has 1 heterocycles. The van der Waals surface area contributed by atoms with E-state index in [-0.39, 0.29) is 18.5 Å². The number of nitrogens with two attached hydrogens (primary N) is 1. The Bertz CT molecular complexity index is 511. The first kappa shape index (κ1) is 16.1. The predicted molar refractivity (Wildman–Crippen MR) is 81.7 cm³/mol. The van der Waals surface area contributed by atoms with E-state index in [4.69, 9.17) is 10.5 Å². The minimum Gasteiger partial charge on any atom is -0.487 e. The summed E-state index contributed by atoms with van der Waals surface area (Å²) in [5, 5.41) is 13.6. The summed E-state index contributed by atoms with van der Waals surface area (Å²) < 4.78 is 5.89. The fraction of sp³-hybridized carbons (Fsp3) is 0.533. The van der Waals surface area contributed by atoms with Gasteiger partial charge in [0, 0.05) is 0 Å². The Labute approximate surface area is 130 Å². The number of halogens is 1. The summed E-state index contributed by atoms with van der Waals surface area (Å²) in [5.74, 6) is 1.04. The van der Waals surface area contributed by atoms with E-state index >= 15 is 0 Å². The van der Waals surface area contributed by atoms with Crippen molar-refractivity contribution in [3.63, 3.8) is 0 Å². The molecule has 2 fully saturated rings. The van der Waals surface area contributed by atoms with Gasteiger partial charge in [-0.25, -0.2) is 0 Å². The molecule has 1 aromatic carbocycles. The molecule has 5 nitrogen and oxygen atoms in total. The number of aliphatic hydroxyl groups is 1. The van der Waals surface area contributed by atoms with Crippen molar-refractivity contribution in [3.8, 4) is 5.75 Å². The van der Waals surface area contributed by atoms with E-state index in [0.717, 1.165) is 25.9 Å². The lowest BCUT2D eigenvalue weighted by Crippen LogP contribution is -2.42. The summed E-state index contributed by atoms with van der Waals surface area (Å²) in [6.07, 6.45) is 0.807. The Kier molecular flexibility index (Phi) is 5.08. The molecule has 1 amide bonds. The van der Waals surface area contributed by atoms with Gasteiger partial charge < -0.3 is 20.9 Å². The second-order valence-corrected chi connectivity index (χ2v) is 5.73. The Morgan fingerprint density at radius 3 is 2.62 bits per heavy atom. The van der Waals surface area contributed by atoms with E-state index in [1.165, 1.54) is 0 Å². The number of carbonyl (C=O) groups excluding carboxylic acids is 1. The summed E-state index contributed by atoms with van der Waals surface area (Å²) >= 11 is 0. The van der Waals surface area contributed by atoms with Gasteiger partial charge in [0.25, 0.3) is 5.91 Å². The van der Waals surface area contributed by atoms with Crippen LogP contribution in [0.4, 0.5) is 0 Å². The van der Waals surface area contributed by atoms with Crippen LogP contribution in [0.15, 0.2) is 24.3 Å². The minimum atomic E-state index is -0.508. The van der Waals surface area contributed by atoms with Crippen molar-refractivity contribution < 1.29 is 14.6 Å². The molecule has 0 unspecified atom stereocenters. The lowest BCUT2D eigenvalue weighted by Gasteiger charge is -2.35. The zero-order valence-corrected chi connectivity index (χ0v) is 12.5. The number of carbonyl (C=O) groups is 1. The van der Waals surface area contributed by atoms with Crippen molar-refractivity contribution in [2.45, 2.75) is 25.0 Å². The summed E-state index contributed by atoms with van der Waals surface area (Å²) in [7, 11) is 0. The van der Waals surface area contributed by atoms with Crippen molar-refractivity contribution >= 4 is 18.3 Å². The molecule has 0 aromatic heterocycles. The van der Waals surface area contributed by atoms with Crippen LogP contribution in [0.1, 0.15) is 23.2 Å². The highest BCUT2D eigenvalue weighted by atomic mass is 35.5. The summed E-state index contributed by atoms with van der Waals surface area (Å²) in [6.45, 7) is 1.96. The molecule has 1 aliphatic heterocycles. The lowest BCUT2D eigenvalue weighted by atomic mass is 9.78. The molecule has 2 aliphatic rings. The van der Waals surface area contributed by atoms with Crippen LogP contribution in [-0.2, 0) is 0 Å². The van der Waals surface area contributed by atoms with Crippen molar-refractivity contribution in [2.24, 2.45) is 17.6 Å². The van der Waals surface area contributed by atoms with Crippen molar-refractivity contribution in [1.29, 1.82) is 0 Å². The van der Waals surface area contributed by atoms with Gasteiger partial charge in [-0.05, 0) is 49.9 Å². The fourth-order valence-electron chi connectivity index (χ4n) is 3.32. The van der Waals surface area contributed by atoms with Crippen LogP contribution in [0.3, 0.4) is 0 Å². The first-order chi connectivity index (χ1) is 9.65. The first-order valence-corrected chi connectivity index (χ1v) is 7.09. The summed E-state index contributed by atoms with van der Waals surface area (Å²) in [6, 6.07) is 6.93. The molecule has 3 rings (SSSR count). The van der Waals surface area contributed by atoms with Gasteiger partial charge in [-0.3, -0.25) is 4.79 Å². The molecular formula is C15H21ClN2O3. The molecule has 0 spiro atoms. The number of amides is 1. The van der Waals surface area contributed by atoms with Gasteiger partial charge in [0.1, 0.15) is 11.9 Å². The largest absolute Gasteiger partial charge is 0.487 e. The van der Waals surface area contributed by atoms with E-state index < -0.39 is 12.0 Å². The topological polar surface area (TPSA) is 84.6 Å². The zero-order valence-electron chi connectivity index (χ0n) is 11.7. The third-order valence-corrected chi connectivity index (χ3v) is 4.42. The molecule has 6 heteroatoms. The van der Waals surface area contributed by atoms with Gasteiger partial charge in [-0.15, -0.1) is 12.4 Å². The molecule has 4 N–H and O–H groups in total. The lowest BCUT2D eigenvalue weighted by molar-refractivity contribution is -0.0234. The smallest absolute Gasteiger partial charge is 0.252 e. The Morgan fingerprint density at radius 1 is 1.24 bits per heavy atom. The quantitative estimate of drug-likeness (QED) is 0.775. The van der Waals surface area contributed by atoms with Crippen molar-refractivity contribution in [3.05, 3.63) is 29.8 Å². The second-order valence-electron chi connectivity index (χ2n) is 5.73. The Hall–Kier alpha value is -1.30. The first-order valence-electron chi connectivity index (χ1n) is 7.09. The second kappa shape index (κ2) is 6.64. The van der Waals surface area contributed by atoms with Crippen LogP contribution in [0.25, 0.3) is 0 Å². The fourth-order valence-corrected chi connectivity index (χ4v) is 3.32. The van der Waals surface area contributed by atoms with E-state index in [2.05, 4.69) is 5.32 Å². The average Bonchev–Trinajstić information content (AvgIpc) is 2.86. The highest BCUT2D eigenvalue weighted by Gasteiger charge is 2.40. The number of primary amides is 1. The van der Waals surface area contributed by atoms with Gasteiger partial charge >= 0.3 is 0 Å². The van der Waals surface area contributed by atoms with Crippen LogP contribution in [0.5, 0.6) is 5.75 Å². The van der Waals surface area contributed by atoms with Crippen LogP contribution < -0.4 is 15.8 Å². The number of aliphatic hydroxyl groups excluding tert-OH is 1. The molecular weight excluding hydrogens is 292 g/mol. The number of hydrogen-bond donors (Lipinski definition) is 3. The molecule has 1 saturated heterocycles. The molecule has 1 saturated carbocycles. The number of nitrogens with one attached hydrogen (secondary N) is 1. The third kappa shape index (κ3) is 3.31. The van der Waals surface area contributed by atoms with Crippen LogP contribution >= 0.6 is 12.4 Å². The number of para-hydroxylation sites is 1. The van der Waals surface area contributed by atoms with Crippen LogP contribution in [0, 0.1) is 11.8 Å². The van der Waals surface area contributed by atoms with Crippen molar-refractivity contribution in [2.75, 3.05) is 13.1 Å². The predicted octanol–water partition coefficient (Wildman–Crippen LogP) is 0.945. The standard InChI is InChI=1S/C15H20N2O3.ClH/c16-15(19)11-3-1-2-4-13(11)20-14-6-10-8-17-7-9(10)5-12(14)18;/h1-4,9-10,12,14,17-18H,5-8H2,(H2,16,19);1H/t9-,10+,12+,14+;/m0./s1. The zero-order chi connectivity index (χ0) is 14.1. The van der Waals surface area contributed by atoms with E-state index in [9.17, 15) is 9.90 Å². The SMILES string of the molecule is Cl.NC(=O)c1ccccc1O[C@@H]1C[C@@H]2CNC[C@@H]2C[C@H]1O. The molecule has 4 atom stereocenters. The number of rotatable bonds is 3. The maximum absolute atomic E-state index is 11.4. The maximum Gasteiger partial charge on any atom is 0.252 e. The molecule has 0 bridgehead atoms. The summed E-state index contributed by atoms with van der Waals surface area (Å²) in [4.78, 5) is 11.4. The number of hydrogen-bond acceptors (Lipinski definition) is 4. The van der Waals surface area contributed by atoms with Crippen molar-refractivity contribution in [1.82, 2.24) is 5.32 Å². The van der Waals surface area contributed by atoms with Gasteiger partial charge in [-0.1, -0.05) is 12.1 Å².